The van der Waals surface area contributed by atoms with Gasteiger partial charge in [0.15, 0.2) is 0 Å². The molecule has 0 fully saturated rings. The third-order valence-corrected chi connectivity index (χ3v) is 3.80. The lowest BCUT2D eigenvalue weighted by molar-refractivity contribution is -0.383. The number of nitro benzene ring substituents is 1. The molecule has 0 atom stereocenters. The molecule has 1 aromatic heterocycles. The largest absolute Gasteiger partial charge is 0.291 e. The van der Waals surface area contributed by atoms with Gasteiger partial charge in [-0.3, -0.25) is 10.1 Å². The molecule has 0 aliphatic rings. The molecule has 0 saturated heterocycles. The minimum absolute atomic E-state index is 0.131. The maximum atomic E-state index is 11.0. The molecule has 0 bridgehead atoms. The average molecular weight is 296 g/mol. The first-order chi connectivity index (χ1) is 7.65. The first-order valence-electron chi connectivity index (χ1n) is 4.41. The second-order valence-electron chi connectivity index (χ2n) is 3.17. The number of halogens is 1. The Bertz CT molecular complexity index is 612. The number of thiophene rings is 1. The molecule has 16 heavy (non-hydrogen) atoms. The fraction of sp³-hybridized carbons (Fsp3) is 0.0909. The maximum absolute atomic E-state index is 11.0. The number of terminal acetylenes is 1. The normalized spacial score (nSPS) is 10.2. The van der Waals surface area contributed by atoms with Crippen molar-refractivity contribution in [3.63, 3.8) is 0 Å². The van der Waals surface area contributed by atoms with Crippen molar-refractivity contribution in [1.82, 2.24) is 0 Å². The molecule has 1 aromatic carbocycles. The minimum atomic E-state index is -0.363. The van der Waals surface area contributed by atoms with Gasteiger partial charge in [0.05, 0.1) is 4.92 Å². The fourth-order valence-electron chi connectivity index (χ4n) is 1.57. The van der Waals surface area contributed by atoms with E-state index in [1.807, 2.05) is 11.4 Å². The summed E-state index contributed by atoms with van der Waals surface area (Å²) < 4.78 is 1.52. The Balaban J connectivity index is 2.84. The Hall–Kier alpha value is -1.38. The number of nitrogens with zero attached hydrogens (tertiary/aromatic N) is 1. The van der Waals surface area contributed by atoms with Gasteiger partial charge in [0.1, 0.15) is 4.70 Å². The van der Waals surface area contributed by atoms with E-state index in [4.69, 9.17) is 6.42 Å². The molecule has 0 N–H and O–H groups in total. The third-order valence-electron chi connectivity index (χ3n) is 2.22. The zero-order chi connectivity index (χ0) is 11.7. The highest BCUT2D eigenvalue weighted by Crippen LogP contribution is 2.38. The Morgan fingerprint density at radius 3 is 3.00 bits per heavy atom. The summed E-state index contributed by atoms with van der Waals surface area (Å²) in [6.45, 7) is 0. The quantitative estimate of drug-likeness (QED) is 0.481. The first-order valence-corrected chi connectivity index (χ1v) is 6.09. The molecule has 2 rings (SSSR count). The second kappa shape index (κ2) is 4.24. The van der Waals surface area contributed by atoms with Gasteiger partial charge in [-0.1, -0.05) is 15.9 Å². The standard InChI is InChI=1S/C11H6BrNO2S/c1-2-3-7-6-9(12)8-4-5-16-11(8)10(7)13(14)15/h1,4-6H,3H2. The van der Waals surface area contributed by atoms with E-state index in [9.17, 15) is 10.1 Å². The van der Waals surface area contributed by atoms with Crippen LogP contribution in [0.1, 0.15) is 5.56 Å². The van der Waals surface area contributed by atoms with E-state index >= 15 is 0 Å². The maximum Gasteiger partial charge on any atom is 0.291 e. The van der Waals surface area contributed by atoms with E-state index < -0.39 is 0 Å². The molecule has 3 nitrogen and oxygen atoms in total. The van der Waals surface area contributed by atoms with Crippen LogP contribution in [-0.2, 0) is 6.42 Å². The number of hydrogen-bond acceptors (Lipinski definition) is 3. The highest BCUT2D eigenvalue weighted by atomic mass is 79.9. The first kappa shape index (κ1) is 11.1. The van der Waals surface area contributed by atoms with Gasteiger partial charge in [-0.05, 0) is 17.5 Å². The zero-order valence-corrected chi connectivity index (χ0v) is 10.5. The van der Waals surface area contributed by atoms with E-state index in [1.54, 1.807) is 6.07 Å². The van der Waals surface area contributed by atoms with Crippen LogP contribution in [0.25, 0.3) is 10.1 Å². The summed E-state index contributed by atoms with van der Waals surface area (Å²) in [7, 11) is 0. The summed E-state index contributed by atoms with van der Waals surface area (Å²) in [5.74, 6) is 2.44. The number of rotatable bonds is 2. The lowest BCUT2D eigenvalue weighted by Gasteiger charge is -2.02. The third kappa shape index (κ3) is 1.70. The van der Waals surface area contributed by atoms with Gasteiger partial charge in [-0.25, -0.2) is 0 Å². The SMILES string of the molecule is C#CCc1cc(Br)c2ccsc2c1[N+](=O)[O-]. The number of fused-ring (bicyclic) bond motifs is 1. The van der Waals surface area contributed by atoms with Crippen molar-refractivity contribution in [2.24, 2.45) is 0 Å². The van der Waals surface area contributed by atoms with Crippen molar-refractivity contribution < 1.29 is 4.92 Å². The molecule has 1 heterocycles. The molecule has 0 aliphatic carbocycles. The Morgan fingerprint density at radius 1 is 1.62 bits per heavy atom. The molecule has 80 valence electrons. The van der Waals surface area contributed by atoms with Crippen molar-refractivity contribution in [2.75, 3.05) is 0 Å². The summed E-state index contributed by atoms with van der Waals surface area (Å²) >= 11 is 4.75. The lowest BCUT2D eigenvalue weighted by atomic mass is 10.1. The van der Waals surface area contributed by atoms with Crippen LogP contribution >= 0.6 is 27.3 Å². The lowest BCUT2D eigenvalue weighted by Crippen LogP contribution is -1.95. The van der Waals surface area contributed by atoms with Crippen LogP contribution < -0.4 is 0 Å². The Labute approximate surface area is 104 Å². The van der Waals surface area contributed by atoms with Crippen molar-refractivity contribution in [3.05, 3.63) is 37.7 Å². The van der Waals surface area contributed by atoms with E-state index in [0.717, 1.165) is 9.86 Å². The van der Waals surface area contributed by atoms with Gasteiger partial charge in [-0.15, -0.1) is 23.7 Å². The molecule has 5 heteroatoms. The molecule has 0 spiro atoms. The van der Waals surface area contributed by atoms with Crippen LogP contribution in [0.5, 0.6) is 0 Å². The van der Waals surface area contributed by atoms with E-state index in [0.29, 0.717) is 10.3 Å². The van der Waals surface area contributed by atoms with Crippen LogP contribution in [0, 0.1) is 22.5 Å². The summed E-state index contributed by atoms with van der Waals surface area (Å²) in [6, 6.07) is 3.59. The molecule has 0 amide bonds. The fourth-order valence-corrected chi connectivity index (χ4v) is 3.27. The van der Waals surface area contributed by atoms with Gasteiger partial charge < -0.3 is 0 Å². The van der Waals surface area contributed by atoms with Gasteiger partial charge in [0, 0.05) is 21.8 Å². The molecule has 0 saturated carbocycles. The van der Waals surface area contributed by atoms with E-state index in [-0.39, 0.29) is 17.0 Å². The van der Waals surface area contributed by atoms with Gasteiger partial charge in [0.2, 0.25) is 0 Å². The Morgan fingerprint density at radius 2 is 2.38 bits per heavy atom. The molecular formula is C11H6BrNO2S. The summed E-state index contributed by atoms with van der Waals surface area (Å²) in [6.07, 6.45) is 5.48. The van der Waals surface area contributed by atoms with Crippen LogP contribution in [0.15, 0.2) is 22.0 Å². The zero-order valence-electron chi connectivity index (χ0n) is 8.07. The smallest absolute Gasteiger partial charge is 0.258 e. The second-order valence-corrected chi connectivity index (χ2v) is 4.94. The number of benzene rings is 1. The summed E-state index contributed by atoms with van der Waals surface area (Å²) in [4.78, 5) is 10.7. The van der Waals surface area contributed by atoms with E-state index in [1.165, 1.54) is 11.3 Å². The summed E-state index contributed by atoms with van der Waals surface area (Å²) in [5.41, 5.74) is 0.709. The van der Waals surface area contributed by atoms with Crippen LogP contribution in [-0.4, -0.2) is 4.92 Å². The van der Waals surface area contributed by atoms with Gasteiger partial charge in [0.25, 0.3) is 5.69 Å². The van der Waals surface area contributed by atoms with Gasteiger partial charge in [-0.2, -0.15) is 0 Å². The topological polar surface area (TPSA) is 43.1 Å². The van der Waals surface area contributed by atoms with Crippen LogP contribution in [0.3, 0.4) is 0 Å². The Kier molecular flexibility index (Phi) is 2.95. The van der Waals surface area contributed by atoms with Crippen molar-refractivity contribution in [1.29, 1.82) is 0 Å². The molecule has 0 unspecified atom stereocenters. The predicted molar refractivity (Wildman–Crippen MR) is 68.7 cm³/mol. The summed E-state index contributed by atoms with van der Waals surface area (Å²) in [5, 5.41) is 13.7. The highest BCUT2D eigenvalue weighted by molar-refractivity contribution is 9.10. The molecule has 0 aliphatic heterocycles. The number of hydrogen-bond donors (Lipinski definition) is 0. The van der Waals surface area contributed by atoms with Crippen molar-refractivity contribution in [2.45, 2.75) is 6.42 Å². The van der Waals surface area contributed by atoms with Crippen molar-refractivity contribution in [3.8, 4) is 12.3 Å². The minimum Gasteiger partial charge on any atom is -0.258 e. The predicted octanol–water partition coefficient (Wildman–Crippen LogP) is 3.75. The van der Waals surface area contributed by atoms with Crippen LogP contribution in [0.4, 0.5) is 5.69 Å². The van der Waals surface area contributed by atoms with Gasteiger partial charge >= 0.3 is 0 Å². The molecule has 0 radical (unpaired) electrons. The number of nitro groups is 1. The molecule has 2 aromatic rings. The monoisotopic (exact) mass is 295 g/mol. The van der Waals surface area contributed by atoms with E-state index in [2.05, 4.69) is 21.9 Å². The average Bonchev–Trinajstić information content (AvgIpc) is 2.66. The highest BCUT2D eigenvalue weighted by Gasteiger charge is 2.20. The van der Waals surface area contributed by atoms with Crippen LogP contribution in [0.2, 0.25) is 0 Å². The molecular weight excluding hydrogens is 290 g/mol. The van der Waals surface area contributed by atoms with Crippen molar-refractivity contribution >= 4 is 43.0 Å².